The molecule has 0 fully saturated rings. The van der Waals surface area contributed by atoms with Gasteiger partial charge in [0.15, 0.2) is 0 Å². The van der Waals surface area contributed by atoms with Gasteiger partial charge in [-0.05, 0) is 0 Å². The van der Waals surface area contributed by atoms with Gasteiger partial charge >= 0.3 is 12.1 Å². The zero-order chi connectivity index (χ0) is 15.1. The average molecular weight is 288 g/mol. The Balaban J connectivity index is 0.000000161. The zero-order valence-electron chi connectivity index (χ0n) is 11.1. The Morgan fingerprint density at radius 2 is 1.24 bits per heavy atom. The third kappa shape index (κ3) is 3.62. The molecule has 9 nitrogen and oxygen atoms in total. The maximum absolute atomic E-state index is 11.4. The third-order valence-electron chi connectivity index (χ3n) is 2.34. The van der Waals surface area contributed by atoms with Crippen LogP contribution in [-0.2, 0) is 4.74 Å². The van der Waals surface area contributed by atoms with Gasteiger partial charge in [-0.15, -0.1) is 0 Å². The van der Waals surface area contributed by atoms with Crippen LogP contribution < -0.4 is 0 Å². The van der Waals surface area contributed by atoms with Crippen LogP contribution in [0.15, 0.2) is 56.2 Å². The van der Waals surface area contributed by atoms with Gasteiger partial charge in [-0.25, -0.2) is 29.1 Å². The van der Waals surface area contributed by atoms with Gasteiger partial charge < -0.3 is 4.74 Å². The summed E-state index contributed by atoms with van der Waals surface area (Å²) in [6.07, 6.45) is 13.2. The maximum atomic E-state index is 11.4. The number of ether oxygens (including phenoxy) is 1. The van der Waals surface area contributed by atoms with Crippen molar-refractivity contribution in [2.75, 3.05) is 7.11 Å². The van der Waals surface area contributed by atoms with Crippen LogP contribution in [0.3, 0.4) is 0 Å². The van der Waals surface area contributed by atoms with Crippen LogP contribution >= 0.6 is 0 Å². The molecule has 9 heteroatoms. The highest BCUT2D eigenvalue weighted by molar-refractivity contribution is 5.78. The minimum Gasteiger partial charge on any atom is -0.452 e. The van der Waals surface area contributed by atoms with Gasteiger partial charge in [0.25, 0.3) is 0 Å². The Kier molecular flexibility index (Phi) is 4.59. The highest BCUT2D eigenvalue weighted by atomic mass is 16.5. The molecule has 21 heavy (non-hydrogen) atoms. The lowest BCUT2D eigenvalue weighted by Crippen LogP contribution is -2.15. The van der Waals surface area contributed by atoms with E-state index in [4.69, 9.17) is 0 Å². The number of nitrogens with zero attached hydrogens (tertiary/aromatic N) is 6. The first-order chi connectivity index (χ1) is 10.2. The van der Waals surface area contributed by atoms with Crippen molar-refractivity contribution in [3.8, 4) is 0 Å². The molecule has 0 aliphatic carbocycles. The average Bonchev–Trinajstić information content (AvgIpc) is 3.29. The summed E-state index contributed by atoms with van der Waals surface area (Å²) < 4.78 is 8.38. The minimum absolute atomic E-state index is 0.190. The Morgan fingerprint density at radius 1 is 0.810 bits per heavy atom. The van der Waals surface area contributed by atoms with Crippen LogP contribution in [0.25, 0.3) is 0 Å². The predicted molar refractivity (Wildman–Crippen MR) is 70.7 cm³/mol. The Labute approximate surface area is 119 Å². The first kappa shape index (κ1) is 14.2. The molecule has 3 heterocycles. The molecule has 3 aromatic rings. The summed E-state index contributed by atoms with van der Waals surface area (Å²) in [5, 5.41) is 0. The van der Waals surface area contributed by atoms with Gasteiger partial charge in [0.05, 0.1) is 7.11 Å². The SMILES string of the molecule is COC(=O)n1ccnc1.O=C(n1ccnc1)n1ccnc1. The topological polar surface area (TPSA) is 96.8 Å². The summed E-state index contributed by atoms with van der Waals surface area (Å²) in [6, 6.07) is -0.190. The molecule has 0 aromatic carbocycles. The van der Waals surface area contributed by atoms with Crippen LogP contribution in [-0.4, -0.2) is 47.9 Å². The Bertz CT molecular complexity index is 636. The highest BCUT2D eigenvalue weighted by Crippen LogP contribution is 1.92. The van der Waals surface area contributed by atoms with Gasteiger partial charge in [0.1, 0.15) is 19.0 Å². The Hall–Kier alpha value is -3.23. The summed E-state index contributed by atoms with van der Waals surface area (Å²) in [5.74, 6) is 0. The second-order valence-electron chi connectivity index (χ2n) is 3.66. The summed E-state index contributed by atoms with van der Waals surface area (Å²) in [4.78, 5) is 33.2. The summed E-state index contributed by atoms with van der Waals surface area (Å²) >= 11 is 0. The van der Waals surface area contributed by atoms with E-state index in [-0.39, 0.29) is 6.03 Å². The van der Waals surface area contributed by atoms with Gasteiger partial charge in [-0.1, -0.05) is 0 Å². The number of hydrogen-bond donors (Lipinski definition) is 0. The minimum atomic E-state index is -0.424. The zero-order valence-corrected chi connectivity index (χ0v) is 11.1. The number of carbonyl (C=O) groups excluding carboxylic acids is 2. The van der Waals surface area contributed by atoms with E-state index in [2.05, 4.69) is 19.7 Å². The van der Waals surface area contributed by atoms with Crippen molar-refractivity contribution in [1.82, 2.24) is 28.7 Å². The highest BCUT2D eigenvalue weighted by Gasteiger charge is 2.03. The normalized spacial score (nSPS) is 9.57. The van der Waals surface area contributed by atoms with Crippen LogP contribution in [0.2, 0.25) is 0 Å². The number of carbonyl (C=O) groups is 2. The number of methoxy groups -OCH3 is 1. The van der Waals surface area contributed by atoms with Crippen molar-refractivity contribution in [3.05, 3.63) is 56.2 Å². The van der Waals surface area contributed by atoms with Crippen LogP contribution in [0.1, 0.15) is 0 Å². The van der Waals surface area contributed by atoms with Crippen molar-refractivity contribution in [3.63, 3.8) is 0 Å². The molecule has 0 saturated heterocycles. The van der Waals surface area contributed by atoms with Crippen molar-refractivity contribution in [2.45, 2.75) is 0 Å². The monoisotopic (exact) mass is 288 g/mol. The molecule has 0 N–H and O–H groups in total. The summed E-state index contributed by atoms with van der Waals surface area (Å²) in [5.41, 5.74) is 0. The van der Waals surface area contributed by atoms with E-state index < -0.39 is 6.09 Å². The van der Waals surface area contributed by atoms with Gasteiger partial charge in [-0.3, -0.25) is 9.13 Å². The third-order valence-corrected chi connectivity index (χ3v) is 2.34. The second kappa shape index (κ2) is 6.80. The molecular weight excluding hydrogens is 276 g/mol. The molecule has 0 spiro atoms. The van der Waals surface area contributed by atoms with E-state index in [0.717, 1.165) is 0 Å². The van der Waals surface area contributed by atoms with E-state index in [0.29, 0.717) is 0 Å². The quantitative estimate of drug-likeness (QED) is 0.614. The van der Waals surface area contributed by atoms with Gasteiger partial charge in [0, 0.05) is 37.2 Å². The first-order valence-electron chi connectivity index (χ1n) is 5.79. The molecule has 3 aromatic heterocycles. The molecule has 0 aliphatic heterocycles. The van der Waals surface area contributed by atoms with Crippen molar-refractivity contribution in [2.24, 2.45) is 0 Å². The molecule has 0 saturated carbocycles. The lowest BCUT2D eigenvalue weighted by atomic mass is 10.8. The fourth-order valence-electron chi connectivity index (χ4n) is 1.35. The molecule has 0 unspecified atom stereocenters. The molecule has 0 bridgehead atoms. The molecule has 0 radical (unpaired) electrons. The van der Waals surface area contributed by atoms with Crippen molar-refractivity contribution >= 4 is 12.1 Å². The van der Waals surface area contributed by atoms with Crippen molar-refractivity contribution in [1.29, 1.82) is 0 Å². The van der Waals surface area contributed by atoms with E-state index in [1.54, 1.807) is 24.8 Å². The molecule has 108 valence electrons. The van der Waals surface area contributed by atoms with E-state index in [9.17, 15) is 9.59 Å². The molecule has 0 amide bonds. The smallest absolute Gasteiger partial charge is 0.418 e. The summed E-state index contributed by atoms with van der Waals surface area (Å²) in [7, 11) is 1.32. The van der Waals surface area contributed by atoms with E-state index in [1.807, 2.05) is 0 Å². The lowest BCUT2D eigenvalue weighted by Gasteiger charge is -1.98. The predicted octanol–water partition coefficient (Wildman–Crippen LogP) is 1.09. The standard InChI is InChI=1S/C7H6N4O.C5H6N2O2/c12-7(10-3-1-8-5-10)11-4-2-9-6-11;1-9-5(8)7-3-2-6-4-7/h1-6H;2-4H,1H3. The first-order valence-corrected chi connectivity index (χ1v) is 5.79. The summed E-state index contributed by atoms with van der Waals surface area (Å²) in [6.45, 7) is 0. The second-order valence-corrected chi connectivity index (χ2v) is 3.66. The van der Waals surface area contributed by atoms with Crippen LogP contribution in [0, 0.1) is 0 Å². The van der Waals surface area contributed by atoms with Gasteiger partial charge in [0.2, 0.25) is 0 Å². The fraction of sp³-hybridized carbons (Fsp3) is 0.0833. The number of hydrogen-bond acceptors (Lipinski definition) is 6. The molecule has 0 atom stereocenters. The molecule has 3 rings (SSSR count). The largest absolute Gasteiger partial charge is 0.452 e. The maximum Gasteiger partial charge on any atom is 0.418 e. The van der Waals surface area contributed by atoms with Crippen LogP contribution in [0.5, 0.6) is 0 Å². The van der Waals surface area contributed by atoms with Gasteiger partial charge in [-0.2, -0.15) is 0 Å². The van der Waals surface area contributed by atoms with Crippen molar-refractivity contribution < 1.29 is 14.3 Å². The van der Waals surface area contributed by atoms with E-state index in [1.165, 1.54) is 52.2 Å². The molecule has 0 aliphatic rings. The lowest BCUT2D eigenvalue weighted by molar-refractivity contribution is 0.173. The van der Waals surface area contributed by atoms with E-state index >= 15 is 0 Å². The Morgan fingerprint density at radius 3 is 1.57 bits per heavy atom. The molecular formula is C12H12N6O3. The number of rotatable bonds is 0. The number of aromatic nitrogens is 6. The van der Waals surface area contributed by atoms with Crippen LogP contribution in [0.4, 0.5) is 9.59 Å². The fourth-order valence-corrected chi connectivity index (χ4v) is 1.35. The number of imidazole rings is 3.